The Hall–Kier alpha value is -1.56. The number of hydrogen-bond acceptors (Lipinski definition) is 4. The maximum absolute atomic E-state index is 5.23. The van der Waals surface area contributed by atoms with Gasteiger partial charge in [-0.15, -0.1) is 0 Å². The van der Waals surface area contributed by atoms with Crippen LogP contribution in [0.25, 0.3) is 11.4 Å². The van der Waals surface area contributed by atoms with Crippen LogP contribution in [0.1, 0.15) is 20.8 Å². The minimum atomic E-state index is -0.122. The van der Waals surface area contributed by atoms with Gasteiger partial charge in [0.2, 0.25) is 0 Å². The van der Waals surface area contributed by atoms with Crippen molar-refractivity contribution in [1.82, 2.24) is 25.0 Å². The van der Waals surface area contributed by atoms with Gasteiger partial charge in [0.05, 0.1) is 12.4 Å². The van der Waals surface area contributed by atoms with Crippen molar-refractivity contribution in [3.8, 4) is 11.4 Å². The van der Waals surface area contributed by atoms with Crippen LogP contribution in [0.3, 0.4) is 0 Å². The van der Waals surface area contributed by atoms with Crippen LogP contribution in [0, 0.1) is 4.77 Å². The zero-order valence-corrected chi connectivity index (χ0v) is 10.2. The summed E-state index contributed by atoms with van der Waals surface area (Å²) in [6.07, 6.45) is 3.31. The normalized spacial score (nSPS) is 11.7. The summed E-state index contributed by atoms with van der Waals surface area (Å²) in [4.78, 5) is 0. The Balaban J connectivity index is 2.64. The van der Waals surface area contributed by atoms with Gasteiger partial charge in [-0.05, 0) is 39.1 Å². The first-order valence-corrected chi connectivity index (χ1v) is 5.36. The second-order valence-electron chi connectivity index (χ2n) is 4.49. The first-order valence-electron chi connectivity index (χ1n) is 4.95. The van der Waals surface area contributed by atoms with Gasteiger partial charge < -0.3 is 0 Å². The number of aromatic amines is 1. The van der Waals surface area contributed by atoms with Crippen LogP contribution in [0.15, 0.2) is 18.5 Å². The fourth-order valence-electron chi connectivity index (χ4n) is 1.54. The van der Waals surface area contributed by atoms with E-state index in [2.05, 4.69) is 41.2 Å². The molecule has 84 valence electrons. The Morgan fingerprint density at radius 2 is 2.06 bits per heavy atom. The van der Waals surface area contributed by atoms with Gasteiger partial charge in [-0.3, -0.25) is 9.67 Å². The molecule has 0 bridgehead atoms. The number of H-pyrrole nitrogens is 1. The molecule has 0 atom stereocenters. The van der Waals surface area contributed by atoms with Gasteiger partial charge in [0.15, 0.2) is 10.6 Å². The average molecular weight is 235 g/mol. The van der Waals surface area contributed by atoms with Gasteiger partial charge in [0, 0.05) is 11.1 Å². The van der Waals surface area contributed by atoms with E-state index in [9.17, 15) is 0 Å². The summed E-state index contributed by atoms with van der Waals surface area (Å²) in [6.45, 7) is 6.24. The lowest BCUT2D eigenvalue weighted by Crippen LogP contribution is -2.23. The highest BCUT2D eigenvalue weighted by molar-refractivity contribution is 7.71. The van der Waals surface area contributed by atoms with Gasteiger partial charge in [0.1, 0.15) is 0 Å². The molecule has 16 heavy (non-hydrogen) atoms. The standard InChI is InChI=1S/C10H13N5S/c1-10(2,3)15-8(13-14-9(15)16)7-4-5-11-12-6-7/h4-6H,1-3H3,(H,14,16). The highest BCUT2D eigenvalue weighted by atomic mass is 32.1. The lowest BCUT2D eigenvalue weighted by atomic mass is 10.1. The van der Waals surface area contributed by atoms with Crippen molar-refractivity contribution >= 4 is 12.2 Å². The van der Waals surface area contributed by atoms with Crippen molar-refractivity contribution in [3.05, 3.63) is 23.2 Å². The zero-order chi connectivity index (χ0) is 11.8. The minimum Gasteiger partial charge on any atom is -0.295 e. The van der Waals surface area contributed by atoms with Crippen molar-refractivity contribution in [2.24, 2.45) is 0 Å². The highest BCUT2D eigenvalue weighted by Crippen LogP contribution is 2.23. The number of nitrogens with zero attached hydrogens (tertiary/aromatic N) is 4. The minimum absolute atomic E-state index is 0.122. The monoisotopic (exact) mass is 235 g/mol. The van der Waals surface area contributed by atoms with E-state index in [1.54, 1.807) is 12.4 Å². The molecule has 0 unspecified atom stereocenters. The van der Waals surface area contributed by atoms with Crippen molar-refractivity contribution in [1.29, 1.82) is 0 Å². The molecule has 6 heteroatoms. The Kier molecular flexibility index (Phi) is 2.59. The van der Waals surface area contributed by atoms with E-state index in [1.165, 1.54) is 0 Å². The number of nitrogens with one attached hydrogen (secondary N) is 1. The third kappa shape index (κ3) is 1.88. The Bertz CT molecular complexity index is 534. The fraction of sp³-hybridized carbons (Fsp3) is 0.400. The summed E-state index contributed by atoms with van der Waals surface area (Å²) in [5.41, 5.74) is 0.778. The van der Waals surface area contributed by atoms with Crippen molar-refractivity contribution in [2.75, 3.05) is 0 Å². The Morgan fingerprint density at radius 3 is 2.62 bits per heavy atom. The predicted molar refractivity (Wildman–Crippen MR) is 63.4 cm³/mol. The summed E-state index contributed by atoms with van der Waals surface area (Å²) in [6, 6.07) is 1.86. The van der Waals surface area contributed by atoms with Gasteiger partial charge in [-0.2, -0.15) is 15.3 Å². The van der Waals surface area contributed by atoms with Crippen LogP contribution < -0.4 is 0 Å². The van der Waals surface area contributed by atoms with E-state index in [-0.39, 0.29) is 5.54 Å². The maximum atomic E-state index is 5.23. The summed E-state index contributed by atoms with van der Waals surface area (Å²) in [7, 11) is 0. The van der Waals surface area contributed by atoms with E-state index < -0.39 is 0 Å². The Morgan fingerprint density at radius 1 is 1.31 bits per heavy atom. The molecule has 5 nitrogen and oxygen atoms in total. The molecule has 0 radical (unpaired) electrons. The second kappa shape index (κ2) is 3.79. The third-order valence-electron chi connectivity index (χ3n) is 2.19. The topological polar surface area (TPSA) is 59.4 Å². The lowest BCUT2D eigenvalue weighted by molar-refractivity contribution is 0.395. The molecule has 2 aromatic heterocycles. The molecule has 0 spiro atoms. The molecule has 0 aliphatic carbocycles. The van der Waals surface area contributed by atoms with Crippen LogP contribution in [0.5, 0.6) is 0 Å². The first kappa shape index (κ1) is 10.9. The number of hydrogen-bond donors (Lipinski definition) is 1. The molecule has 2 heterocycles. The molecule has 0 saturated heterocycles. The van der Waals surface area contributed by atoms with Crippen molar-refractivity contribution in [2.45, 2.75) is 26.3 Å². The molecule has 0 aliphatic heterocycles. The molecule has 0 saturated carbocycles. The Labute approximate surface area is 98.5 Å². The summed E-state index contributed by atoms with van der Waals surface area (Å²) in [5.74, 6) is 0.785. The van der Waals surface area contributed by atoms with Gasteiger partial charge in [0.25, 0.3) is 0 Å². The fourth-order valence-corrected chi connectivity index (χ4v) is 1.94. The lowest BCUT2D eigenvalue weighted by Gasteiger charge is -2.22. The van der Waals surface area contributed by atoms with Crippen LogP contribution in [0.2, 0.25) is 0 Å². The van der Waals surface area contributed by atoms with E-state index >= 15 is 0 Å². The molecule has 2 rings (SSSR count). The molecule has 0 fully saturated rings. The maximum Gasteiger partial charge on any atom is 0.195 e. The summed E-state index contributed by atoms with van der Waals surface area (Å²) in [5, 5.41) is 14.6. The molecule has 1 N–H and O–H groups in total. The van der Waals surface area contributed by atoms with Crippen LogP contribution in [-0.4, -0.2) is 25.0 Å². The number of rotatable bonds is 1. The van der Waals surface area contributed by atoms with Gasteiger partial charge >= 0.3 is 0 Å². The van der Waals surface area contributed by atoms with Crippen molar-refractivity contribution < 1.29 is 0 Å². The highest BCUT2D eigenvalue weighted by Gasteiger charge is 2.20. The third-order valence-corrected chi connectivity index (χ3v) is 2.46. The zero-order valence-electron chi connectivity index (χ0n) is 9.43. The summed E-state index contributed by atoms with van der Waals surface area (Å²) >= 11 is 5.23. The van der Waals surface area contributed by atoms with Crippen molar-refractivity contribution in [3.63, 3.8) is 0 Å². The largest absolute Gasteiger partial charge is 0.295 e. The molecule has 0 aliphatic rings. The van der Waals surface area contributed by atoms with Crippen LogP contribution in [-0.2, 0) is 5.54 Å². The first-order chi connectivity index (χ1) is 7.50. The van der Waals surface area contributed by atoms with Gasteiger partial charge in [-0.25, -0.2) is 0 Å². The molecule has 2 aromatic rings. The van der Waals surface area contributed by atoms with E-state index in [0.29, 0.717) is 4.77 Å². The molecular weight excluding hydrogens is 222 g/mol. The van der Waals surface area contributed by atoms with E-state index in [4.69, 9.17) is 12.2 Å². The van der Waals surface area contributed by atoms with Crippen LogP contribution in [0.4, 0.5) is 0 Å². The molecule has 0 aromatic carbocycles. The van der Waals surface area contributed by atoms with E-state index in [1.807, 2.05) is 10.6 Å². The average Bonchev–Trinajstić information content (AvgIpc) is 2.61. The predicted octanol–water partition coefficient (Wildman–Crippen LogP) is 2.15. The molecule has 0 amide bonds. The van der Waals surface area contributed by atoms with E-state index in [0.717, 1.165) is 11.4 Å². The smallest absolute Gasteiger partial charge is 0.195 e. The van der Waals surface area contributed by atoms with Crippen LogP contribution >= 0.6 is 12.2 Å². The quantitative estimate of drug-likeness (QED) is 0.769. The SMILES string of the molecule is CC(C)(C)n1c(-c2ccnnc2)n[nH]c1=S. The number of aromatic nitrogens is 5. The summed E-state index contributed by atoms with van der Waals surface area (Å²) < 4.78 is 2.58. The molecular formula is C10H13N5S. The second-order valence-corrected chi connectivity index (χ2v) is 4.88. The van der Waals surface area contributed by atoms with Gasteiger partial charge in [-0.1, -0.05) is 0 Å².